The SMILES string of the molecule is CCc1c(Br)cc(C(=O)OC(C)(C)C2CCNCC2)cc1OC. The fourth-order valence-electron chi connectivity index (χ4n) is 3.15. The summed E-state index contributed by atoms with van der Waals surface area (Å²) in [5.74, 6) is 0.802. The molecule has 4 nitrogen and oxygen atoms in total. The summed E-state index contributed by atoms with van der Waals surface area (Å²) in [5.41, 5.74) is 1.11. The Morgan fingerprint density at radius 3 is 2.57 bits per heavy atom. The number of hydrogen-bond donors (Lipinski definition) is 1. The molecule has 128 valence electrons. The molecule has 0 unspecified atom stereocenters. The molecular formula is C18H26BrNO3. The molecule has 0 amide bonds. The van der Waals surface area contributed by atoms with E-state index in [9.17, 15) is 4.79 Å². The van der Waals surface area contributed by atoms with Crippen molar-refractivity contribution in [2.24, 2.45) is 5.92 Å². The standard InChI is InChI=1S/C18H26BrNO3/c1-5-14-15(19)10-12(11-16(14)22-4)17(21)23-18(2,3)13-6-8-20-9-7-13/h10-11,13,20H,5-9H2,1-4H3. The summed E-state index contributed by atoms with van der Waals surface area (Å²) in [5, 5.41) is 3.34. The van der Waals surface area contributed by atoms with Crippen molar-refractivity contribution >= 4 is 21.9 Å². The van der Waals surface area contributed by atoms with Crippen LogP contribution in [0.4, 0.5) is 0 Å². The Bertz CT molecular complexity index is 566. The Morgan fingerprint density at radius 1 is 1.35 bits per heavy atom. The summed E-state index contributed by atoms with van der Waals surface area (Å²) < 4.78 is 12.1. The summed E-state index contributed by atoms with van der Waals surface area (Å²) in [7, 11) is 1.62. The van der Waals surface area contributed by atoms with Gasteiger partial charge >= 0.3 is 5.97 Å². The molecule has 1 aliphatic heterocycles. The quantitative estimate of drug-likeness (QED) is 0.781. The first-order valence-corrected chi connectivity index (χ1v) is 8.98. The van der Waals surface area contributed by atoms with Crippen molar-refractivity contribution in [3.05, 3.63) is 27.7 Å². The van der Waals surface area contributed by atoms with Gasteiger partial charge in [0, 0.05) is 16.0 Å². The highest BCUT2D eigenvalue weighted by molar-refractivity contribution is 9.10. The molecule has 0 atom stereocenters. The van der Waals surface area contributed by atoms with Gasteiger partial charge in [-0.2, -0.15) is 0 Å². The number of benzene rings is 1. The minimum Gasteiger partial charge on any atom is -0.496 e. The van der Waals surface area contributed by atoms with Crippen LogP contribution in [0.5, 0.6) is 5.75 Å². The molecule has 1 aromatic carbocycles. The molecule has 23 heavy (non-hydrogen) atoms. The number of halogens is 1. The lowest BCUT2D eigenvalue weighted by Crippen LogP contribution is -2.42. The second kappa shape index (κ2) is 7.67. The third-order valence-corrected chi connectivity index (χ3v) is 5.35. The number of nitrogens with one attached hydrogen (secondary N) is 1. The summed E-state index contributed by atoms with van der Waals surface area (Å²) in [4.78, 5) is 12.6. The monoisotopic (exact) mass is 383 g/mol. The number of methoxy groups -OCH3 is 1. The van der Waals surface area contributed by atoms with E-state index in [1.807, 2.05) is 19.9 Å². The first-order chi connectivity index (χ1) is 10.9. The Morgan fingerprint density at radius 2 is 2.00 bits per heavy atom. The zero-order valence-corrected chi connectivity index (χ0v) is 16.0. The van der Waals surface area contributed by atoms with Gasteiger partial charge in [0.1, 0.15) is 11.4 Å². The van der Waals surface area contributed by atoms with Crippen molar-refractivity contribution in [3.63, 3.8) is 0 Å². The summed E-state index contributed by atoms with van der Waals surface area (Å²) >= 11 is 3.53. The van der Waals surface area contributed by atoms with Crippen LogP contribution in [0.2, 0.25) is 0 Å². The number of rotatable bonds is 5. The average Bonchev–Trinajstić information content (AvgIpc) is 2.54. The molecule has 0 bridgehead atoms. The lowest BCUT2D eigenvalue weighted by Gasteiger charge is -2.36. The van der Waals surface area contributed by atoms with E-state index < -0.39 is 5.60 Å². The summed E-state index contributed by atoms with van der Waals surface area (Å²) in [6, 6.07) is 3.59. The van der Waals surface area contributed by atoms with Crippen LogP contribution in [0.15, 0.2) is 16.6 Å². The molecule has 1 aliphatic rings. The van der Waals surface area contributed by atoms with Crippen LogP contribution in [0, 0.1) is 5.92 Å². The van der Waals surface area contributed by atoms with Gasteiger partial charge in [-0.3, -0.25) is 0 Å². The molecule has 5 heteroatoms. The zero-order chi connectivity index (χ0) is 17.0. The predicted molar refractivity (Wildman–Crippen MR) is 95.2 cm³/mol. The maximum absolute atomic E-state index is 12.6. The second-order valence-corrected chi connectivity index (χ2v) is 7.36. The topological polar surface area (TPSA) is 47.6 Å². The summed E-state index contributed by atoms with van der Waals surface area (Å²) in [6.45, 7) is 8.04. The third kappa shape index (κ3) is 4.27. The Labute approximate surface area is 147 Å². The maximum Gasteiger partial charge on any atom is 0.338 e. The van der Waals surface area contributed by atoms with Crippen LogP contribution < -0.4 is 10.1 Å². The van der Waals surface area contributed by atoms with Crippen molar-refractivity contribution in [2.75, 3.05) is 20.2 Å². The largest absolute Gasteiger partial charge is 0.496 e. The third-order valence-electron chi connectivity index (χ3n) is 4.64. The van der Waals surface area contributed by atoms with E-state index >= 15 is 0 Å². The van der Waals surface area contributed by atoms with Crippen LogP contribution in [-0.2, 0) is 11.2 Å². The number of ether oxygens (including phenoxy) is 2. The van der Waals surface area contributed by atoms with Gasteiger partial charge in [0.15, 0.2) is 0 Å². The molecule has 0 aliphatic carbocycles. The number of piperidine rings is 1. The van der Waals surface area contributed by atoms with E-state index in [1.54, 1.807) is 13.2 Å². The lowest BCUT2D eigenvalue weighted by atomic mass is 9.83. The molecule has 0 aromatic heterocycles. The molecule has 1 heterocycles. The summed E-state index contributed by atoms with van der Waals surface area (Å²) in [6.07, 6.45) is 2.89. The Balaban J connectivity index is 2.18. The number of carbonyl (C=O) groups is 1. The van der Waals surface area contributed by atoms with E-state index in [0.717, 1.165) is 42.4 Å². The average molecular weight is 384 g/mol. The smallest absolute Gasteiger partial charge is 0.338 e. The molecule has 0 spiro atoms. The zero-order valence-electron chi connectivity index (χ0n) is 14.4. The van der Waals surface area contributed by atoms with E-state index in [-0.39, 0.29) is 5.97 Å². The molecule has 1 saturated heterocycles. The first kappa shape index (κ1) is 18.3. The van der Waals surface area contributed by atoms with Crippen LogP contribution in [0.3, 0.4) is 0 Å². The predicted octanol–water partition coefficient (Wildman–Crippen LogP) is 3.96. The maximum atomic E-state index is 12.6. The van der Waals surface area contributed by atoms with Gasteiger partial charge in [-0.05, 0) is 58.3 Å². The van der Waals surface area contributed by atoms with Gasteiger partial charge in [0.2, 0.25) is 0 Å². The van der Waals surface area contributed by atoms with E-state index in [2.05, 4.69) is 28.2 Å². The first-order valence-electron chi connectivity index (χ1n) is 8.19. The van der Waals surface area contributed by atoms with E-state index in [1.165, 1.54) is 0 Å². The highest BCUT2D eigenvalue weighted by Gasteiger charge is 2.34. The molecule has 0 saturated carbocycles. The van der Waals surface area contributed by atoms with Gasteiger partial charge in [0.05, 0.1) is 12.7 Å². The molecule has 2 rings (SSSR count). The molecule has 1 aromatic rings. The van der Waals surface area contributed by atoms with Gasteiger partial charge in [-0.25, -0.2) is 4.79 Å². The van der Waals surface area contributed by atoms with Crippen molar-refractivity contribution < 1.29 is 14.3 Å². The second-order valence-electron chi connectivity index (χ2n) is 6.51. The number of hydrogen-bond acceptors (Lipinski definition) is 4. The van der Waals surface area contributed by atoms with Gasteiger partial charge in [-0.15, -0.1) is 0 Å². The van der Waals surface area contributed by atoms with Crippen LogP contribution >= 0.6 is 15.9 Å². The van der Waals surface area contributed by atoms with Crippen molar-refractivity contribution in [3.8, 4) is 5.75 Å². The fraction of sp³-hybridized carbons (Fsp3) is 0.611. The molecule has 1 fully saturated rings. The highest BCUT2D eigenvalue weighted by atomic mass is 79.9. The number of esters is 1. The molecular weight excluding hydrogens is 358 g/mol. The van der Waals surface area contributed by atoms with Crippen LogP contribution in [-0.4, -0.2) is 31.8 Å². The van der Waals surface area contributed by atoms with Crippen LogP contribution in [0.25, 0.3) is 0 Å². The van der Waals surface area contributed by atoms with Gasteiger partial charge < -0.3 is 14.8 Å². The van der Waals surface area contributed by atoms with Gasteiger partial charge in [0.25, 0.3) is 0 Å². The number of carbonyl (C=O) groups excluding carboxylic acids is 1. The lowest BCUT2D eigenvalue weighted by molar-refractivity contribution is -0.0368. The minimum atomic E-state index is -0.470. The van der Waals surface area contributed by atoms with E-state index in [0.29, 0.717) is 17.2 Å². The Kier molecular flexibility index (Phi) is 6.09. The Hall–Kier alpha value is -1.07. The fourth-order valence-corrected chi connectivity index (χ4v) is 3.88. The normalized spacial score (nSPS) is 16.2. The minimum absolute atomic E-state index is 0.296. The van der Waals surface area contributed by atoms with Crippen molar-refractivity contribution in [1.82, 2.24) is 5.32 Å². The highest BCUT2D eigenvalue weighted by Crippen LogP contribution is 2.33. The van der Waals surface area contributed by atoms with E-state index in [4.69, 9.17) is 9.47 Å². The van der Waals surface area contributed by atoms with Crippen LogP contribution in [0.1, 0.15) is 49.5 Å². The molecule has 1 N–H and O–H groups in total. The molecule has 0 radical (unpaired) electrons. The van der Waals surface area contributed by atoms with Gasteiger partial charge in [-0.1, -0.05) is 22.9 Å². The van der Waals surface area contributed by atoms with Crippen molar-refractivity contribution in [1.29, 1.82) is 0 Å². The van der Waals surface area contributed by atoms with Crippen molar-refractivity contribution in [2.45, 2.75) is 45.6 Å².